The SMILES string of the molecule is N#Cc1cc(C(=O)O)ccc1Oc1cncc(Cl)c1. The summed E-state index contributed by atoms with van der Waals surface area (Å²) in [6.45, 7) is 0. The average Bonchev–Trinajstić information content (AvgIpc) is 2.39. The van der Waals surface area contributed by atoms with E-state index in [1.54, 1.807) is 6.07 Å². The third kappa shape index (κ3) is 3.00. The molecule has 0 radical (unpaired) electrons. The van der Waals surface area contributed by atoms with E-state index in [1.807, 2.05) is 6.07 Å². The number of ether oxygens (including phenoxy) is 1. The fourth-order valence-corrected chi connectivity index (χ4v) is 1.58. The number of carbonyl (C=O) groups is 1. The Bertz CT molecular complexity index is 680. The Kier molecular flexibility index (Phi) is 3.64. The molecule has 0 aliphatic rings. The van der Waals surface area contributed by atoms with Crippen molar-refractivity contribution in [3.63, 3.8) is 0 Å². The van der Waals surface area contributed by atoms with Gasteiger partial charge in [0, 0.05) is 12.3 Å². The van der Waals surface area contributed by atoms with Gasteiger partial charge in [0.25, 0.3) is 0 Å². The Hall–Kier alpha value is -2.58. The van der Waals surface area contributed by atoms with Crippen LogP contribution in [0.3, 0.4) is 0 Å². The first-order valence-electron chi connectivity index (χ1n) is 5.16. The van der Waals surface area contributed by atoms with Crippen molar-refractivity contribution in [2.75, 3.05) is 0 Å². The molecule has 0 saturated heterocycles. The van der Waals surface area contributed by atoms with E-state index < -0.39 is 5.97 Å². The molecule has 1 aromatic heterocycles. The molecular formula is C13H7ClN2O3. The van der Waals surface area contributed by atoms with Crippen LogP contribution in [0.5, 0.6) is 11.5 Å². The molecule has 0 atom stereocenters. The van der Waals surface area contributed by atoms with Crippen LogP contribution in [0.25, 0.3) is 0 Å². The van der Waals surface area contributed by atoms with Crippen molar-refractivity contribution in [3.8, 4) is 17.6 Å². The van der Waals surface area contributed by atoms with Crippen molar-refractivity contribution in [3.05, 3.63) is 52.8 Å². The summed E-state index contributed by atoms with van der Waals surface area (Å²) in [6, 6.07) is 7.45. The average molecular weight is 275 g/mol. The third-order valence-corrected chi connectivity index (χ3v) is 2.46. The largest absolute Gasteiger partial charge is 0.478 e. The van der Waals surface area contributed by atoms with Crippen LogP contribution >= 0.6 is 11.6 Å². The van der Waals surface area contributed by atoms with Crippen molar-refractivity contribution < 1.29 is 14.6 Å². The van der Waals surface area contributed by atoms with E-state index in [9.17, 15) is 4.79 Å². The normalized spacial score (nSPS) is 9.68. The predicted octanol–water partition coefficient (Wildman–Crippen LogP) is 3.10. The predicted molar refractivity (Wildman–Crippen MR) is 67.4 cm³/mol. The van der Waals surface area contributed by atoms with Gasteiger partial charge in [-0.25, -0.2) is 4.79 Å². The van der Waals surface area contributed by atoms with Crippen LogP contribution in [0, 0.1) is 11.3 Å². The second-order valence-corrected chi connectivity index (χ2v) is 4.01. The molecule has 94 valence electrons. The van der Waals surface area contributed by atoms with Crippen LogP contribution < -0.4 is 4.74 Å². The summed E-state index contributed by atoms with van der Waals surface area (Å²) >= 11 is 5.77. The van der Waals surface area contributed by atoms with Gasteiger partial charge in [-0.2, -0.15) is 5.26 Å². The van der Waals surface area contributed by atoms with Gasteiger partial charge in [-0.15, -0.1) is 0 Å². The second-order valence-electron chi connectivity index (χ2n) is 3.57. The fourth-order valence-electron chi connectivity index (χ4n) is 1.41. The van der Waals surface area contributed by atoms with Gasteiger partial charge in [0.2, 0.25) is 0 Å². The highest BCUT2D eigenvalue weighted by Gasteiger charge is 2.10. The summed E-state index contributed by atoms with van der Waals surface area (Å²) < 4.78 is 5.45. The molecule has 0 bridgehead atoms. The summed E-state index contributed by atoms with van der Waals surface area (Å²) in [5.74, 6) is -0.490. The van der Waals surface area contributed by atoms with Crippen molar-refractivity contribution >= 4 is 17.6 Å². The Balaban J connectivity index is 2.36. The lowest BCUT2D eigenvalue weighted by molar-refractivity contribution is 0.0697. The van der Waals surface area contributed by atoms with E-state index in [-0.39, 0.29) is 16.9 Å². The van der Waals surface area contributed by atoms with Gasteiger partial charge in [0.05, 0.1) is 22.3 Å². The maximum atomic E-state index is 10.8. The summed E-state index contributed by atoms with van der Waals surface area (Å²) in [5.41, 5.74) is 0.146. The summed E-state index contributed by atoms with van der Waals surface area (Å²) in [6.07, 6.45) is 2.89. The number of aromatic carboxylic acids is 1. The lowest BCUT2D eigenvalue weighted by Crippen LogP contribution is -1.98. The van der Waals surface area contributed by atoms with Crippen molar-refractivity contribution in [1.82, 2.24) is 4.98 Å². The number of carboxylic acids is 1. The van der Waals surface area contributed by atoms with E-state index in [0.717, 1.165) is 0 Å². The smallest absolute Gasteiger partial charge is 0.335 e. The molecule has 1 heterocycles. The van der Waals surface area contributed by atoms with Crippen LogP contribution in [0.4, 0.5) is 0 Å². The zero-order valence-electron chi connectivity index (χ0n) is 9.50. The number of rotatable bonds is 3. The number of benzene rings is 1. The Labute approximate surface area is 113 Å². The Morgan fingerprint density at radius 1 is 1.37 bits per heavy atom. The molecule has 2 aromatic rings. The standard InChI is InChI=1S/C13H7ClN2O3/c14-10-4-11(7-16-6-10)19-12-2-1-8(13(17)18)3-9(12)5-15/h1-4,6-7H,(H,17,18). The highest BCUT2D eigenvalue weighted by atomic mass is 35.5. The molecule has 0 aliphatic carbocycles. The molecule has 5 nitrogen and oxygen atoms in total. The zero-order chi connectivity index (χ0) is 13.8. The van der Waals surface area contributed by atoms with Gasteiger partial charge in [-0.3, -0.25) is 4.98 Å². The fraction of sp³-hybridized carbons (Fsp3) is 0. The quantitative estimate of drug-likeness (QED) is 0.930. The number of nitriles is 1. The molecule has 0 fully saturated rings. The van der Waals surface area contributed by atoms with Crippen LogP contribution in [0.2, 0.25) is 5.02 Å². The minimum atomic E-state index is -1.10. The van der Waals surface area contributed by atoms with Gasteiger partial charge < -0.3 is 9.84 Å². The van der Waals surface area contributed by atoms with Crippen molar-refractivity contribution in [2.24, 2.45) is 0 Å². The molecule has 2 rings (SSSR count). The third-order valence-electron chi connectivity index (χ3n) is 2.25. The Morgan fingerprint density at radius 3 is 2.79 bits per heavy atom. The maximum Gasteiger partial charge on any atom is 0.335 e. The van der Waals surface area contributed by atoms with E-state index in [4.69, 9.17) is 26.7 Å². The van der Waals surface area contributed by atoms with Crippen molar-refractivity contribution in [2.45, 2.75) is 0 Å². The molecular weight excluding hydrogens is 268 g/mol. The first kappa shape index (κ1) is 12.9. The Morgan fingerprint density at radius 2 is 2.16 bits per heavy atom. The number of carboxylic acid groups (broad SMARTS) is 1. The molecule has 0 aliphatic heterocycles. The number of pyridine rings is 1. The highest BCUT2D eigenvalue weighted by molar-refractivity contribution is 6.30. The molecule has 1 aromatic carbocycles. The number of halogens is 1. The highest BCUT2D eigenvalue weighted by Crippen LogP contribution is 2.26. The molecule has 0 saturated carbocycles. The van der Waals surface area contributed by atoms with Gasteiger partial charge in [0.1, 0.15) is 17.6 Å². The molecule has 1 N–H and O–H groups in total. The number of hydrogen-bond donors (Lipinski definition) is 1. The molecule has 19 heavy (non-hydrogen) atoms. The van der Waals surface area contributed by atoms with E-state index >= 15 is 0 Å². The molecule has 6 heteroatoms. The minimum absolute atomic E-state index is 0.0214. The first-order valence-corrected chi connectivity index (χ1v) is 5.54. The topological polar surface area (TPSA) is 83.2 Å². The van der Waals surface area contributed by atoms with Gasteiger partial charge >= 0.3 is 5.97 Å². The van der Waals surface area contributed by atoms with Gasteiger partial charge in [-0.1, -0.05) is 11.6 Å². The number of hydrogen-bond acceptors (Lipinski definition) is 4. The maximum absolute atomic E-state index is 10.8. The summed E-state index contributed by atoms with van der Waals surface area (Å²) in [7, 11) is 0. The van der Waals surface area contributed by atoms with Crippen LogP contribution in [-0.4, -0.2) is 16.1 Å². The van der Waals surface area contributed by atoms with Crippen molar-refractivity contribution in [1.29, 1.82) is 5.26 Å². The molecule has 0 unspecified atom stereocenters. The van der Waals surface area contributed by atoms with Crippen LogP contribution in [0.1, 0.15) is 15.9 Å². The summed E-state index contributed by atoms with van der Waals surface area (Å²) in [4.78, 5) is 14.7. The lowest BCUT2D eigenvalue weighted by Gasteiger charge is -2.07. The number of nitrogens with zero attached hydrogens (tertiary/aromatic N) is 2. The first-order chi connectivity index (χ1) is 9.10. The number of aromatic nitrogens is 1. The van der Waals surface area contributed by atoms with Crippen LogP contribution in [0.15, 0.2) is 36.7 Å². The van der Waals surface area contributed by atoms with E-state index in [0.29, 0.717) is 10.8 Å². The molecule has 0 spiro atoms. The second kappa shape index (κ2) is 5.38. The zero-order valence-corrected chi connectivity index (χ0v) is 10.3. The summed E-state index contributed by atoms with van der Waals surface area (Å²) in [5, 5.41) is 18.2. The van der Waals surface area contributed by atoms with E-state index in [1.165, 1.54) is 30.6 Å². The van der Waals surface area contributed by atoms with E-state index in [2.05, 4.69) is 4.98 Å². The molecule has 0 amide bonds. The lowest BCUT2D eigenvalue weighted by atomic mass is 10.1. The monoisotopic (exact) mass is 274 g/mol. The van der Waals surface area contributed by atoms with Gasteiger partial charge in [0.15, 0.2) is 0 Å². The minimum Gasteiger partial charge on any atom is -0.478 e. The van der Waals surface area contributed by atoms with Crippen LogP contribution in [-0.2, 0) is 0 Å². The van der Waals surface area contributed by atoms with Gasteiger partial charge in [-0.05, 0) is 18.2 Å².